The third kappa shape index (κ3) is 1.86. The average molecular weight is 291 g/mol. The number of rotatable bonds is 2. The van der Waals surface area contributed by atoms with Crippen molar-refractivity contribution in [1.29, 1.82) is 0 Å². The molecule has 0 aliphatic heterocycles. The van der Waals surface area contributed by atoms with Crippen molar-refractivity contribution in [1.82, 2.24) is 0 Å². The summed E-state index contributed by atoms with van der Waals surface area (Å²) in [5.74, 6) is 2.07. The molecule has 4 fully saturated rings. The molecule has 4 aliphatic carbocycles. The summed E-state index contributed by atoms with van der Waals surface area (Å²) in [6, 6.07) is 10.7. The minimum Gasteiger partial charge on any atom is -0.389 e. The van der Waals surface area contributed by atoms with E-state index in [1.54, 1.807) is 0 Å². The van der Waals surface area contributed by atoms with Gasteiger partial charge in [-0.3, -0.25) is 0 Å². The van der Waals surface area contributed by atoms with E-state index in [0.29, 0.717) is 23.7 Å². The fourth-order valence-corrected chi connectivity index (χ4v) is 6.54. The predicted octanol–water partition coefficient (Wildman–Crippen LogP) is 4.34. The second kappa shape index (κ2) is 4.24. The van der Waals surface area contributed by atoms with Crippen LogP contribution in [0.1, 0.15) is 50.5 Å². The summed E-state index contributed by atoms with van der Waals surface area (Å²) >= 11 is 6.78. The van der Waals surface area contributed by atoms with E-state index in [1.165, 1.54) is 12.0 Å². The molecule has 1 aromatic carbocycles. The summed E-state index contributed by atoms with van der Waals surface area (Å²) < 4.78 is 0. The summed E-state index contributed by atoms with van der Waals surface area (Å²) in [7, 11) is 0. The smallest absolute Gasteiger partial charge is 0.0703 e. The van der Waals surface area contributed by atoms with Gasteiger partial charge < -0.3 is 5.11 Å². The highest BCUT2D eigenvalue weighted by atomic mass is 35.5. The Kier molecular flexibility index (Phi) is 2.79. The minimum absolute atomic E-state index is 0.104. The van der Waals surface area contributed by atoms with E-state index in [9.17, 15) is 5.11 Å². The molecule has 0 radical (unpaired) electrons. The quantitative estimate of drug-likeness (QED) is 0.804. The van der Waals surface area contributed by atoms with E-state index in [1.807, 2.05) is 0 Å². The molecule has 4 aliphatic rings. The van der Waals surface area contributed by atoms with Crippen LogP contribution in [-0.4, -0.2) is 15.6 Å². The summed E-state index contributed by atoms with van der Waals surface area (Å²) in [5, 5.41) is 11.3. The highest BCUT2D eigenvalue weighted by Crippen LogP contribution is 2.64. The van der Waals surface area contributed by atoms with Gasteiger partial charge in [0.1, 0.15) is 0 Å². The molecular formula is C18H23ClO. The van der Waals surface area contributed by atoms with Crippen LogP contribution in [0, 0.1) is 17.8 Å². The molecule has 0 heterocycles. The van der Waals surface area contributed by atoms with Gasteiger partial charge in [-0.2, -0.15) is 0 Å². The van der Waals surface area contributed by atoms with Gasteiger partial charge in [-0.05, 0) is 61.3 Å². The Morgan fingerprint density at radius 3 is 2.60 bits per heavy atom. The SMILES string of the molecule is C[C@H](c1ccccc1)[C@@H]1[C@@H]2C[C@H]3C[C@@](Cl)(C2)C[C@]1(O)C3. The molecule has 0 aromatic heterocycles. The lowest BCUT2D eigenvalue weighted by atomic mass is 9.47. The number of halogens is 1. The number of hydrogen-bond donors (Lipinski definition) is 1. The topological polar surface area (TPSA) is 20.2 Å². The molecule has 1 N–H and O–H groups in total. The summed E-state index contributed by atoms with van der Waals surface area (Å²) in [6.45, 7) is 2.29. The number of benzene rings is 1. The number of aliphatic hydroxyl groups is 1. The van der Waals surface area contributed by atoms with Crippen molar-refractivity contribution in [3.05, 3.63) is 35.9 Å². The maximum atomic E-state index is 11.3. The van der Waals surface area contributed by atoms with Gasteiger partial charge in [0.05, 0.1) is 5.60 Å². The minimum atomic E-state index is -0.527. The van der Waals surface area contributed by atoms with E-state index >= 15 is 0 Å². The van der Waals surface area contributed by atoms with E-state index in [4.69, 9.17) is 11.6 Å². The molecule has 1 aromatic rings. The van der Waals surface area contributed by atoms with Crippen molar-refractivity contribution in [3.63, 3.8) is 0 Å². The zero-order chi connectivity index (χ0) is 14.0. The third-order valence-corrected chi connectivity index (χ3v) is 6.62. The second-order valence-corrected chi connectivity index (χ2v) is 8.43. The van der Waals surface area contributed by atoms with Gasteiger partial charge in [0.2, 0.25) is 0 Å². The van der Waals surface area contributed by atoms with Crippen molar-refractivity contribution < 1.29 is 5.11 Å². The molecule has 4 bridgehead atoms. The lowest BCUT2D eigenvalue weighted by molar-refractivity contribution is -0.169. The monoisotopic (exact) mass is 290 g/mol. The van der Waals surface area contributed by atoms with Crippen molar-refractivity contribution in [2.24, 2.45) is 17.8 Å². The van der Waals surface area contributed by atoms with E-state index in [-0.39, 0.29) is 4.87 Å². The Balaban J connectivity index is 1.69. The van der Waals surface area contributed by atoms with Gasteiger partial charge in [0.25, 0.3) is 0 Å². The molecule has 108 valence electrons. The largest absolute Gasteiger partial charge is 0.389 e. The fraction of sp³-hybridized carbons (Fsp3) is 0.667. The number of hydrogen-bond acceptors (Lipinski definition) is 1. The average Bonchev–Trinajstić information content (AvgIpc) is 2.36. The normalized spacial score (nSPS) is 47.5. The zero-order valence-electron chi connectivity index (χ0n) is 12.1. The van der Waals surface area contributed by atoms with Crippen LogP contribution in [0.5, 0.6) is 0 Å². The van der Waals surface area contributed by atoms with Crippen molar-refractivity contribution in [2.75, 3.05) is 0 Å². The molecule has 6 atom stereocenters. The lowest BCUT2D eigenvalue weighted by Gasteiger charge is -2.63. The summed E-state index contributed by atoms with van der Waals surface area (Å²) in [6.07, 6.45) is 5.28. The highest BCUT2D eigenvalue weighted by Gasteiger charge is 2.62. The zero-order valence-corrected chi connectivity index (χ0v) is 12.8. The van der Waals surface area contributed by atoms with Crippen LogP contribution in [0.15, 0.2) is 30.3 Å². The maximum absolute atomic E-state index is 11.3. The molecule has 20 heavy (non-hydrogen) atoms. The molecule has 0 spiro atoms. The van der Waals surface area contributed by atoms with E-state index < -0.39 is 5.60 Å². The standard InChI is InChI=1S/C18H23ClO/c1-12(14-5-3-2-4-6-14)16-15-7-13-8-17(19,10-15)11-18(16,20)9-13/h2-6,12-13,15-16,20H,7-11H2,1H3/t12-,13+,15-,16-,17-,18-/m1/s1. The number of alkyl halides is 1. The van der Waals surface area contributed by atoms with Gasteiger partial charge >= 0.3 is 0 Å². The van der Waals surface area contributed by atoms with Crippen LogP contribution in [-0.2, 0) is 0 Å². The predicted molar refractivity (Wildman–Crippen MR) is 81.9 cm³/mol. The van der Waals surface area contributed by atoms with Gasteiger partial charge in [-0.15, -0.1) is 11.6 Å². The van der Waals surface area contributed by atoms with Gasteiger partial charge in [-0.1, -0.05) is 37.3 Å². The third-order valence-electron chi connectivity index (χ3n) is 6.18. The van der Waals surface area contributed by atoms with Crippen LogP contribution in [0.3, 0.4) is 0 Å². The lowest BCUT2D eigenvalue weighted by Crippen LogP contribution is -2.63. The van der Waals surface area contributed by atoms with Gasteiger partial charge in [0, 0.05) is 4.87 Å². The molecule has 1 nitrogen and oxygen atoms in total. The van der Waals surface area contributed by atoms with E-state index in [0.717, 1.165) is 25.7 Å². The molecule has 0 unspecified atom stereocenters. The van der Waals surface area contributed by atoms with E-state index in [2.05, 4.69) is 37.3 Å². The van der Waals surface area contributed by atoms with Crippen LogP contribution in [0.25, 0.3) is 0 Å². The summed E-state index contributed by atoms with van der Waals surface area (Å²) in [4.78, 5) is -0.104. The second-order valence-electron chi connectivity index (χ2n) is 7.63. The van der Waals surface area contributed by atoms with Crippen molar-refractivity contribution >= 4 is 11.6 Å². The Bertz CT molecular complexity index is 515. The molecule has 2 heteroatoms. The van der Waals surface area contributed by atoms with Crippen LogP contribution in [0.2, 0.25) is 0 Å². The van der Waals surface area contributed by atoms with Crippen LogP contribution >= 0.6 is 11.6 Å². The first-order valence-corrected chi connectivity index (χ1v) is 8.33. The summed E-state index contributed by atoms with van der Waals surface area (Å²) in [5.41, 5.74) is 0.836. The maximum Gasteiger partial charge on any atom is 0.0703 e. The first-order valence-electron chi connectivity index (χ1n) is 7.95. The Labute approximate surface area is 126 Å². The first-order chi connectivity index (χ1) is 9.49. The van der Waals surface area contributed by atoms with Crippen LogP contribution in [0.4, 0.5) is 0 Å². The highest BCUT2D eigenvalue weighted by molar-refractivity contribution is 6.24. The molecule has 0 saturated heterocycles. The Morgan fingerprint density at radius 2 is 1.95 bits per heavy atom. The molecule has 5 rings (SSSR count). The first kappa shape index (κ1) is 13.2. The Morgan fingerprint density at radius 1 is 1.20 bits per heavy atom. The Hall–Kier alpha value is -0.530. The fourth-order valence-electron chi connectivity index (χ4n) is 5.89. The van der Waals surface area contributed by atoms with Gasteiger partial charge in [0.15, 0.2) is 0 Å². The van der Waals surface area contributed by atoms with Gasteiger partial charge in [-0.25, -0.2) is 0 Å². The van der Waals surface area contributed by atoms with Crippen LogP contribution < -0.4 is 0 Å². The molecule has 0 amide bonds. The molecule has 4 saturated carbocycles. The van der Waals surface area contributed by atoms with Crippen molar-refractivity contribution in [3.8, 4) is 0 Å². The van der Waals surface area contributed by atoms with Crippen molar-refractivity contribution in [2.45, 2.75) is 55.4 Å². The molecular weight excluding hydrogens is 268 g/mol.